The maximum absolute atomic E-state index is 14.6. The van der Waals surface area contributed by atoms with E-state index >= 15 is 0 Å². The Hall–Kier alpha value is -4.23. The van der Waals surface area contributed by atoms with Gasteiger partial charge in [-0.15, -0.1) is 0 Å². The molecule has 0 aromatic rings. The summed E-state index contributed by atoms with van der Waals surface area (Å²) in [6.45, 7) is 9.41. The largest absolute Gasteiger partial charge is 0.444 e. The number of nitrogens with zero attached hydrogens (tertiary/aromatic N) is 2. The third kappa shape index (κ3) is 11.0. The molecular weight excluding hydrogens is 704 g/mol. The first-order valence-electron chi connectivity index (χ1n) is 20.1. The summed E-state index contributed by atoms with van der Waals surface area (Å²) in [5.41, 5.74) is -0.106. The molecule has 1 heterocycles. The van der Waals surface area contributed by atoms with Gasteiger partial charge in [0.15, 0.2) is 0 Å². The number of ketones is 1. The molecule has 4 N–H and O–H groups in total. The fourth-order valence-electron chi connectivity index (χ4n) is 8.98. The van der Waals surface area contributed by atoms with Crippen LogP contribution >= 0.6 is 0 Å². The molecule has 4 aliphatic carbocycles. The standard InChI is InChI=1S/C41H62N6O8/c1-40(2,3)55-39(54)45-32(26-13-9-8-10-14-26)38(53)47-23-27-20-41(4,5)21-28(27)33(47)35(50)43-29(19-24-17-18-24)34(49)36(51)42-22-30(48)44-31(37(52)46(6)7)25-15-11-12-16-25/h11-12,15,24,26-29,31-33H,8-10,13-14,16-23H2,1-7H3,(H,42,51)(H,43,50)(H,44,48)(H,45,54)/t27-,28-,29?,31-,32-,33-/m0/s1. The van der Waals surface area contributed by atoms with Gasteiger partial charge in [-0.2, -0.15) is 0 Å². The lowest BCUT2D eigenvalue weighted by Crippen LogP contribution is -2.59. The monoisotopic (exact) mass is 766 g/mol. The highest BCUT2D eigenvalue weighted by Crippen LogP contribution is 2.51. The van der Waals surface area contributed by atoms with Crippen molar-refractivity contribution >= 4 is 41.4 Å². The summed E-state index contributed by atoms with van der Waals surface area (Å²) in [6.07, 6.45) is 13.2. The summed E-state index contributed by atoms with van der Waals surface area (Å²) in [4.78, 5) is 97.9. The summed E-state index contributed by atoms with van der Waals surface area (Å²) in [7, 11) is 3.17. The normalized spacial score (nSPS) is 24.8. The van der Waals surface area contributed by atoms with E-state index in [1.807, 2.05) is 6.08 Å². The van der Waals surface area contributed by atoms with Gasteiger partial charge in [0.1, 0.15) is 23.7 Å². The highest BCUT2D eigenvalue weighted by molar-refractivity contribution is 6.38. The van der Waals surface area contributed by atoms with Crippen molar-refractivity contribution in [1.82, 2.24) is 31.1 Å². The lowest BCUT2D eigenvalue weighted by Gasteiger charge is -2.36. The minimum atomic E-state index is -1.15. The number of alkyl carbamates (subject to hydrolysis) is 1. The number of carbonyl (C=O) groups is 7. The van der Waals surface area contributed by atoms with Gasteiger partial charge < -0.3 is 35.8 Å². The number of likely N-dealkylation sites (tertiary alicyclic amines) is 1. The molecule has 5 rings (SSSR count). The van der Waals surface area contributed by atoms with Crippen LogP contribution in [-0.2, 0) is 33.5 Å². The molecule has 6 atom stereocenters. The van der Waals surface area contributed by atoms with Gasteiger partial charge in [0.05, 0.1) is 12.6 Å². The van der Waals surface area contributed by atoms with Gasteiger partial charge in [0.25, 0.3) is 5.91 Å². The number of Topliss-reactive ketones (excluding diaryl/α,β-unsaturated/α-hetero) is 1. The Morgan fingerprint density at radius 3 is 2.24 bits per heavy atom. The Labute approximate surface area is 325 Å². The molecule has 1 saturated heterocycles. The molecule has 4 fully saturated rings. The average Bonchev–Trinajstić information content (AvgIpc) is 3.48. The third-order valence-electron chi connectivity index (χ3n) is 11.7. The van der Waals surface area contributed by atoms with Crippen molar-refractivity contribution in [3.63, 3.8) is 0 Å². The molecule has 14 heteroatoms. The summed E-state index contributed by atoms with van der Waals surface area (Å²) in [5, 5.41) is 10.8. The van der Waals surface area contributed by atoms with E-state index < -0.39 is 65.9 Å². The van der Waals surface area contributed by atoms with Crippen LogP contribution in [-0.4, -0.2) is 108 Å². The number of nitrogens with one attached hydrogen (secondary N) is 4. The van der Waals surface area contributed by atoms with Crippen LogP contribution in [0.4, 0.5) is 4.79 Å². The van der Waals surface area contributed by atoms with Crippen molar-refractivity contribution in [2.24, 2.45) is 29.1 Å². The fraction of sp³-hybridized carbons (Fsp3) is 0.732. The van der Waals surface area contributed by atoms with E-state index in [1.165, 1.54) is 4.90 Å². The van der Waals surface area contributed by atoms with Crippen LogP contribution in [0.15, 0.2) is 23.8 Å². The summed E-state index contributed by atoms with van der Waals surface area (Å²) >= 11 is 0. The molecule has 1 unspecified atom stereocenters. The van der Waals surface area contributed by atoms with E-state index in [4.69, 9.17) is 4.74 Å². The lowest BCUT2D eigenvalue weighted by molar-refractivity contribution is -0.144. The maximum Gasteiger partial charge on any atom is 0.408 e. The van der Waals surface area contributed by atoms with Crippen molar-refractivity contribution in [1.29, 1.82) is 0 Å². The Morgan fingerprint density at radius 2 is 1.64 bits per heavy atom. The zero-order chi connectivity index (χ0) is 40.2. The Balaban J connectivity index is 1.30. The molecule has 55 heavy (non-hydrogen) atoms. The number of allylic oxidation sites excluding steroid dienone is 3. The predicted molar refractivity (Wildman–Crippen MR) is 205 cm³/mol. The molecule has 0 radical (unpaired) electrons. The average molecular weight is 767 g/mol. The second-order valence-electron chi connectivity index (χ2n) is 18.3. The number of hydrogen-bond acceptors (Lipinski definition) is 8. The van der Waals surface area contributed by atoms with Gasteiger partial charge in [0.2, 0.25) is 29.4 Å². The number of amides is 6. The number of ether oxygens (including phenoxy) is 1. The number of rotatable bonds is 14. The first-order valence-corrected chi connectivity index (χ1v) is 20.1. The highest BCUT2D eigenvalue weighted by atomic mass is 16.6. The van der Waals surface area contributed by atoms with Gasteiger partial charge >= 0.3 is 6.09 Å². The highest BCUT2D eigenvalue weighted by Gasteiger charge is 2.55. The minimum Gasteiger partial charge on any atom is -0.444 e. The fourth-order valence-corrected chi connectivity index (χ4v) is 8.98. The van der Waals surface area contributed by atoms with Crippen LogP contribution in [0.5, 0.6) is 0 Å². The molecule has 14 nitrogen and oxygen atoms in total. The van der Waals surface area contributed by atoms with Gasteiger partial charge in [-0.25, -0.2) is 4.79 Å². The number of likely N-dealkylation sites (N-methyl/N-ethyl adjacent to an activating group) is 1. The van der Waals surface area contributed by atoms with Gasteiger partial charge in [-0.05, 0) is 94.0 Å². The maximum atomic E-state index is 14.6. The Morgan fingerprint density at radius 1 is 0.945 bits per heavy atom. The first-order chi connectivity index (χ1) is 25.8. The second-order valence-corrected chi connectivity index (χ2v) is 18.3. The Kier molecular flexibility index (Phi) is 13.2. The molecular formula is C41H62N6O8. The van der Waals surface area contributed by atoms with Gasteiger partial charge in [-0.1, -0.05) is 64.2 Å². The molecule has 0 bridgehead atoms. The second kappa shape index (κ2) is 17.3. The van der Waals surface area contributed by atoms with Crippen molar-refractivity contribution < 1.29 is 38.3 Å². The Bertz CT molecular complexity index is 1570. The molecule has 0 aromatic carbocycles. The lowest BCUT2D eigenvalue weighted by atomic mass is 9.83. The van der Waals surface area contributed by atoms with Crippen molar-refractivity contribution in [3.8, 4) is 0 Å². The molecule has 3 saturated carbocycles. The van der Waals surface area contributed by atoms with E-state index in [9.17, 15) is 33.6 Å². The van der Waals surface area contributed by atoms with E-state index in [2.05, 4.69) is 35.1 Å². The molecule has 1 aliphatic heterocycles. The van der Waals surface area contributed by atoms with Crippen LogP contribution in [0.25, 0.3) is 0 Å². The quantitative estimate of drug-likeness (QED) is 0.195. The number of hydrogen-bond donors (Lipinski definition) is 4. The predicted octanol–water partition coefficient (Wildman–Crippen LogP) is 3.15. The van der Waals surface area contributed by atoms with Crippen LogP contribution in [0.3, 0.4) is 0 Å². The van der Waals surface area contributed by atoms with Crippen molar-refractivity contribution in [2.45, 2.75) is 135 Å². The van der Waals surface area contributed by atoms with Gasteiger partial charge in [-0.3, -0.25) is 28.8 Å². The number of carbonyl (C=O) groups excluding carboxylic acids is 7. The van der Waals surface area contributed by atoms with Crippen LogP contribution in [0, 0.1) is 29.1 Å². The van der Waals surface area contributed by atoms with Gasteiger partial charge in [0, 0.05) is 20.6 Å². The number of fused-ring (bicyclic) bond motifs is 1. The minimum absolute atomic E-state index is 0.0504. The first kappa shape index (κ1) is 41.9. The summed E-state index contributed by atoms with van der Waals surface area (Å²) in [6, 6.07) is -3.82. The van der Waals surface area contributed by atoms with Crippen LogP contribution in [0.1, 0.15) is 105 Å². The van der Waals surface area contributed by atoms with E-state index in [0.717, 1.165) is 51.4 Å². The summed E-state index contributed by atoms with van der Waals surface area (Å²) in [5.74, 6) is -3.73. The zero-order valence-electron chi connectivity index (χ0n) is 33.7. The third-order valence-corrected chi connectivity index (χ3v) is 11.7. The summed E-state index contributed by atoms with van der Waals surface area (Å²) < 4.78 is 5.57. The molecule has 0 aromatic heterocycles. The van der Waals surface area contributed by atoms with E-state index in [0.29, 0.717) is 25.0 Å². The SMILES string of the molecule is CN(C)C(=O)[C@@H](NC(=O)CNC(=O)C(=O)C(CC1CC1)NC(=O)[C@@H]1[C@H]2CC(C)(C)C[C@H]2CN1C(=O)[C@@H](NC(=O)OC(C)(C)C)C1CCCCC1)C1=CC=CC1. The van der Waals surface area contributed by atoms with Crippen molar-refractivity contribution in [2.75, 3.05) is 27.2 Å². The van der Waals surface area contributed by atoms with Crippen LogP contribution < -0.4 is 21.3 Å². The smallest absolute Gasteiger partial charge is 0.408 e. The zero-order valence-corrected chi connectivity index (χ0v) is 33.7. The van der Waals surface area contributed by atoms with Crippen molar-refractivity contribution in [3.05, 3.63) is 23.8 Å². The molecule has 6 amide bonds. The van der Waals surface area contributed by atoms with Crippen LogP contribution in [0.2, 0.25) is 0 Å². The van der Waals surface area contributed by atoms with E-state index in [1.54, 1.807) is 51.9 Å². The topological polar surface area (TPSA) is 183 Å². The van der Waals surface area contributed by atoms with E-state index in [-0.39, 0.29) is 47.3 Å². The molecule has 0 spiro atoms. The molecule has 304 valence electrons. The molecule has 5 aliphatic rings.